The molecule has 0 fully saturated rings. The Labute approximate surface area is 179 Å². The van der Waals surface area contributed by atoms with Crippen molar-refractivity contribution in [3.8, 4) is 11.4 Å². The maximum atomic E-state index is 12.7. The molecule has 0 aliphatic heterocycles. The fourth-order valence-electron chi connectivity index (χ4n) is 2.87. The molecule has 4 rings (SSSR count). The molecule has 0 aliphatic carbocycles. The Balaban J connectivity index is 1.46. The predicted molar refractivity (Wildman–Crippen MR) is 111 cm³/mol. The van der Waals surface area contributed by atoms with E-state index in [1.165, 1.54) is 41.8 Å². The Hall–Kier alpha value is -3.18. The third kappa shape index (κ3) is 4.94. The Bertz CT molecular complexity index is 1270. The van der Waals surface area contributed by atoms with Crippen molar-refractivity contribution in [2.45, 2.75) is 17.5 Å². The number of thiazole rings is 1. The number of halogens is 3. The number of nitrogens with one attached hydrogen (secondary N) is 2. The molecular formula is C20H15F3N4O2S2. The Morgan fingerprint density at radius 2 is 1.71 bits per heavy atom. The van der Waals surface area contributed by atoms with E-state index in [1.54, 1.807) is 23.7 Å². The summed E-state index contributed by atoms with van der Waals surface area (Å²) >= 11 is 1.18. The van der Waals surface area contributed by atoms with Crippen LogP contribution in [0.1, 0.15) is 16.8 Å². The SMILES string of the molecule is O=S(=O)(Nc1nccs1)c1ccc(-c2ncc(Cc3ccc(C(F)(F)F)cc3)[nH]2)cc1. The minimum absolute atomic E-state index is 0.0861. The molecule has 0 amide bonds. The van der Waals surface area contributed by atoms with Gasteiger partial charge in [0.1, 0.15) is 5.82 Å². The number of imidazole rings is 1. The molecule has 0 spiro atoms. The fourth-order valence-corrected chi connectivity index (χ4v) is 4.66. The molecule has 0 atom stereocenters. The second-order valence-corrected chi connectivity index (χ2v) is 9.17. The third-order valence-electron chi connectivity index (χ3n) is 4.40. The zero-order chi connectivity index (χ0) is 22.1. The Morgan fingerprint density at radius 1 is 1.00 bits per heavy atom. The number of hydrogen-bond acceptors (Lipinski definition) is 5. The lowest BCUT2D eigenvalue weighted by atomic mass is 10.1. The smallest absolute Gasteiger partial charge is 0.342 e. The number of nitrogens with zero attached hydrogens (tertiary/aromatic N) is 2. The zero-order valence-corrected chi connectivity index (χ0v) is 17.4. The van der Waals surface area contributed by atoms with Crippen molar-refractivity contribution in [2.75, 3.05) is 4.72 Å². The maximum absolute atomic E-state index is 12.7. The summed E-state index contributed by atoms with van der Waals surface area (Å²) in [6.07, 6.45) is -0.878. The predicted octanol–water partition coefficient (Wildman–Crippen LogP) is 4.94. The minimum atomic E-state index is -4.37. The molecule has 2 N–H and O–H groups in total. The monoisotopic (exact) mass is 464 g/mol. The van der Waals surface area contributed by atoms with Crippen LogP contribution in [-0.2, 0) is 22.6 Å². The number of alkyl halides is 3. The third-order valence-corrected chi connectivity index (χ3v) is 6.57. The highest BCUT2D eigenvalue weighted by Gasteiger charge is 2.29. The van der Waals surface area contributed by atoms with Gasteiger partial charge in [-0.1, -0.05) is 12.1 Å². The molecule has 0 saturated heterocycles. The lowest BCUT2D eigenvalue weighted by Gasteiger charge is -2.07. The molecule has 31 heavy (non-hydrogen) atoms. The first-order chi connectivity index (χ1) is 14.7. The molecule has 2 heterocycles. The summed E-state index contributed by atoms with van der Waals surface area (Å²) < 4.78 is 65.2. The number of hydrogen-bond donors (Lipinski definition) is 2. The van der Waals surface area contributed by atoms with Crippen LogP contribution in [0.2, 0.25) is 0 Å². The highest BCUT2D eigenvalue weighted by molar-refractivity contribution is 7.93. The molecule has 0 radical (unpaired) electrons. The standard InChI is InChI=1S/C20H15F3N4O2S2/c21-20(22,23)15-5-1-13(2-6-15)11-16-12-25-18(26-16)14-3-7-17(8-4-14)31(28,29)27-19-24-9-10-30-19/h1-10,12H,11H2,(H,24,27)(H,25,26). The first kappa shape index (κ1) is 21.1. The van der Waals surface area contributed by atoms with Crippen molar-refractivity contribution in [2.24, 2.45) is 0 Å². The van der Waals surface area contributed by atoms with Crippen molar-refractivity contribution in [3.63, 3.8) is 0 Å². The average Bonchev–Trinajstić information content (AvgIpc) is 3.40. The largest absolute Gasteiger partial charge is 0.416 e. The van der Waals surface area contributed by atoms with E-state index in [9.17, 15) is 21.6 Å². The van der Waals surface area contributed by atoms with E-state index in [1.807, 2.05) is 0 Å². The van der Waals surface area contributed by atoms with Gasteiger partial charge < -0.3 is 4.98 Å². The van der Waals surface area contributed by atoms with E-state index in [-0.39, 0.29) is 10.0 Å². The number of benzene rings is 2. The van der Waals surface area contributed by atoms with Crippen molar-refractivity contribution in [1.29, 1.82) is 0 Å². The van der Waals surface area contributed by atoms with Gasteiger partial charge in [0, 0.05) is 35.5 Å². The van der Waals surface area contributed by atoms with Gasteiger partial charge in [0.05, 0.1) is 10.5 Å². The summed E-state index contributed by atoms with van der Waals surface area (Å²) in [5.41, 5.74) is 1.41. The molecule has 11 heteroatoms. The Morgan fingerprint density at radius 3 is 2.32 bits per heavy atom. The van der Waals surface area contributed by atoms with E-state index >= 15 is 0 Å². The van der Waals surface area contributed by atoms with E-state index in [0.717, 1.165) is 17.8 Å². The lowest BCUT2D eigenvalue weighted by Crippen LogP contribution is -2.12. The summed E-state index contributed by atoms with van der Waals surface area (Å²) in [4.78, 5) is 11.4. The number of aromatic amines is 1. The summed E-state index contributed by atoms with van der Waals surface area (Å²) in [6.45, 7) is 0. The number of rotatable bonds is 6. The van der Waals surface area contributed by atoms with Crippen molar-refractivity contribution < 1.29 is 21.6 Å². The molecule has 4 aromatic rings. The molecule has 6 nitrogen and oxygen atoms in total. The summed E-state index contributed by atoms with van der Waals surface area (Å²) in [5, 5.41) is 1.95. The van der Waals surface area contributed by atoms with Crippen molar-refractivity contribution >= 4 is 26.5 Å². The van der Waals surface area contributed by atoms with Gasteiger partial charge in [-0.05, 0) is 42.0 Å². The lowest BCUT2D eigenvalue weighted by molar-refractivity contribution is -0.137. The van der Waals surface area contributed by atoms with Crippen LogP contribution in [0.25, 0.3) is 11.4 Å². The van der Waals surface area contributed by atoms with Gasteiger partial charge in [-0.25, -0.2) is 18.4 Å². The van der Waals surface area contributed by atoms with Crippen molar-refractivity contribution in [1.82, 2.24) is 15.0 Å². The molecule has 0 saturated carbocycles. The van der Waals surface area contributed by atoms with E-state index < -0.39 is 21.8 Å². The summed E-state index contributed by atoms with van der Waals surface area (Å²) in [5.74, 6) is 0.527. The zero-order valence-electron chi connectivity index (χ0n) is 15.7. The van der Waals surface area contributed by atoms with Gasteiger partial charge in [0.25, 0.3) is 10.0 Å². The van der Waals surface area contributed by atoms with Gasteiger partial charge in [0.15, 0.2) is 5.13 Å². The topological polar surface area (TPSA) is 87.7 Å². The second kappa shape index (κ2) is 8.16. The molecule has 160 valence electrons. The second-order valence-electron chi connectivity index (χ2n) is 6.60. The molecule has 0 aliphatic rings. The number of aromatic nitrogens is 3. The number of sulfonamides is 1. The molecule has 0 bridgehead atoms. The maximum Gasteiger partial charge on any atom is 0.416 e. The van der Waals surface area contributed by atoms with Gasteiger partial charge in [-0.2, -0.15) is 13.2 Å². The Kier molecular flexibility index (Phi) is 5.54. The quantitative estimate of drug-likeness (QED) is 0.423. The highest BCUT2D eigenvalue weighted by Crippen LogP contribution is 2.29. The van der Waals surface area contributed by atoms with Crippen LogP contribution in [0.4, 0.5) is 18.3 Å². The van der Waals surface area contributed by atoms with Crippen LogP contribution >= 0.6 is 11.3 Å². The summed E-state index contributed by atoms with van der Waals surface area (Å²) in [7, 11) is -3.74. The highest BCUT2D eigenvalue weighted by atomic mass is 32.2. The number of H-pyrrole nitrogens is 1. The fraction of sp³-hybridized carbons (Fsp3) is 0.100. The van der Waals surface area contributed by atoms with Crippen LogP contribution < -0.4 is 4.72 Å². The normalized spacial score (nSPS) is 12.1. The van der Waals surface area contributed by atoms with E-state index in [2.05, 4.69) is 19.7 Å². The first-order valence-corrected chi connectivity index (χ1v) is 11.3. The van der Waals surface area contributed by atoms with Crippen LogP contribution in [0.3, 0.4) is 0 Å². The van der Waals surface area contributed by atoms with E-state index in [0.29, 0.717) is 23.4 Å². The molecule has 0 unspecified atom stereocenters. The van der Waals surface area contributed by atoms with Crippen LogP contribution in [0.5, 0.6) is 0 Å². The van der Waals surface area contributed by atoms with E-state index in [4.69, 9.17) is 0 Å². The van der Waals surface area contributed by atoms with Crippen LogP contribution in [0, 0.1) is 0 Å². The van der Waals surface area contributed by atoms with Gasteiger partial charge in [-0.3, -0.25) is 4.72 Å². The summed E-state index contributed by atoms with van der Waals surface area (Å²) in [6, 6.07) is 11.1. The molecular weight excluding hydrogens is 449 g/mol. The first-order valence-electron chi connectivity index (χ1n) is 8.93. The minimum Gasteiger partial charge on any atom is -0.342 e. The van der Waals surface area contributed by atoms with Crippen molar-refractivity contribution in [3.05, 3.63) is 83.1 Å². The van der Waals surface area contributed by atoms with Gasteiger partial charge in [-0.15, -0.1) is 11.3 Å². The molecule has 2 aromatic carbocycles. The molecule has 2 aromatic heterocycles. The average molecular weight is 464 g/mol. The van der Waals surface area contributed by atoms with Crippen LogP contribution in [0.15, 0.2) is 71.2 Å². The van der Waals surface area contributed by atoms with Gasteiger partial charge in [0.2, 0.25) is 0 Å². The number of anilines is 1. The van der Waals surface area contributed by atoms with Gasteiger partial charge >= 0.3 is 6.18 Å². The van der Waals surface area contributed by atoms with Crippen LogP contribution in [-0.4, -0.2) is 23.4 Å².